The zero-order valence-electron chi connectivity index (χ0n) is 17.1. The van der Waals surface area contributed by atoms with Crippen LogP contribution in [-0.2, 0) is 6.42 Å². The van der Waals surface area contributed by atoms with Crippen molar-refractivity contribution in [1.29, 1.82) is 0 Å². The maximum atomic E-state index is 5.66. The number of thioether (sulfide) groups is 1. The molecule has 152 valence electrons. The smallest absolute Gasteiger partial charge is 0.195 e. The Morgan fingerprint density at radius 1 is 0.966 bits per heavy atom. The lowest BCUT2D eigenvalue weighted by Gasteiger charge is -2.22. The summed E-state index contributed by atoms with van der Waals surface area (Å²) >= 11 is 1.80. The molecule has 0 aliphatic heterocycles. The van der Waals surface area contributed by atoms with Crippen molar-refractivity contribution < 1.29 is 4.74 Å². The number of hydrogen-bond acceptors (Lipinski definition) is 4. The maximum absolute atomic E-state index is 5.66. The van der Waals surface area contributed by atoms with E-state index in [0.717, 1.165) is 41.0 Å². The van der Waals surface area contributed by atoms with Crippen molar-refractivity contribution in [2.45, 2.75) is 56.0 Å². The van der Waals surface area contributed by atoms with Crippen LogP contribution in [0.15, 0.2) is 59.8 Å². The molecule has 0 spiro atoms. The van der Waals surface area contributed by atoms with Gasteiger partial charge in [0.2, 0.25) is 0 Å². The molecular formula is C24H29N3OS. The molecule has 0 atom stereocenters. The number of rotatable bonds is 8. The molecule has 1 aromatic heterocycles. The number of hydrogen-bond donors (Lipinski definition) is 0. The van der Waals surface area contributed by atoms with Crippen LogP contribution < -0.4 is 4.74 Å². The van der Waals surface area contributed by atoms with E-state index in [9.17, 15) is 0 Å². The molecule has 0 saturated heterocycles. The van der Waals surface area contributed by atoms with Gasteiger partial charge in [0.25, 0.3) is 0 Å². The molecule has 1 aliphatic rings. The van der Waals surface area contributed by atoms with Gasteiger partial charge in [0, 0.05) is 11.7 Å². The number of nitrogens with zero attached hydrogens (tertiary/aromatic N) is 3. The Morgan fingerprint density at radius 3 is 2.52 bits per heavy atom. The highest BCUT2D eigenvalue weighted by Crippen LogP contribution is 2.37. The molecule has 3 aromatic rings. The van der Waals surface area contributed by atoms with Crippen LogP contribution in [0.4, 0.5) is 0 Å². The summed E-state index contributed by atoms with van der Waals surface area (Å²) in [5.74, 6) is 3.47. The Balaban J connectivity index is 1.55. The fourth-order valence-corrected chi connectivity index (χ4v) is 5.02. The van der Waals surface area contributed by atoms with Crippen molar-refractivity contribution in [3.05, 3.63) is 66.0 Å². The minimum atomic E-state index is 0.486. The summed E-state index contributed by atoms with van der Waals surface area (Å²) in [6.45, 7) is 0. The highest BCUT2D eigenvalue weighted by molar-refractivity contribution is 7.99. The van der Waals surface area contributed by atoms with Gasteiger partial charge in [0.05, 0.1) is 12.8 Å². The van der Waals surface area contributed by atoms with Gasteiger partial charge in [-0.1, -0.05) is 73.5 Å². The second-order valence-corrected chi connectivity index (χ2v) is 8.68. The van der Waals surface area contributed by atoms with E-state index in [2.05, 4.69) is 57.2 Å². The van der Waals surface area contributed by atoms with Crippen LogP contribution in [0.1, 0.15) is 55.8 Å². The summed E-state index contributed by atoms with van der Waals surface area (Å²) in [5, 5.41) is 10.2. The number of aryl methyl sites for hydroxylation is 1. The van der Waals surface area contributed by atoms with Crippen molar-refractivity contribution in [3.63, 3.8) is 0 Å². The van der Waals surface area contributed by atoms with Gasteiger partial charge in [-0.05, 0) is 43.4 Å². The summed E-state index contributed by atoms with van der Waals surface area (Å²) in [6.07, 6.45) is 8.50. The number of para-hydroxylation sites is 2. The Morgan fingerprint density at radius 2 is 1.72 bits per heavy atom. The van der Waals surface area contributed by atoms with Gasteiger partial charge in [0.1, 0.15) is 11.6 Å². The Bertz CT molecular complexity index is 903. The van der Waals surface area contributed by atoms with Gasteiger partial charge < -0.3 is 4.74 Å². The SMILES string of the molecule is COc1ccccc1-n1c(SCCCc2ccccc2)nnc1C1CCCCC1. The molecule has 5 heteroatoms. The van der Waals surface area contributed by atoms with Crippen LogP contribution in [-0.4, -0.2) is 27.6 Å². The van der Waals surface area contributed by atoms with Gasteiger partial charge in [-0.15, -0.1) is 10.2 Å². The number of methoxy groups -OCH3 is 1. The highest BCUT2D eigenvalue weighted by atomic mass is 32.2. The molecular weight excluding hydrogens is 378 g/mol. The van der Waals surface area contributed by atoms with Crippen LogP contribution in [0, 0.1) is 0 Å². The predicted octanol–water partition coefficient (Wildman–Crippen LogP) is 6.05. The molecule has 1 heterocycles. The van der Waals surface area contributed by atoms with Crippen LogP contribution in [0.3, 0.4) is 0 Å². The first kappa shape index (κ1) is 20.0. The Hall–Kier alpha value is -2.27. The van der Waals surface area contributed by atoms with E-state index in [4.69, 9.17) is 4.74 Å². The summed E-state index contributed by atoms with van der Waals surface area (Å²) in [5.41, 5.74) is 2.44. The number of aromatic nitrogens is 3. The first-order chi connectivity index (χ1) is 14.4. The minimum Gasteiger partial charge on any atom is -0.495 e. The largest absolute Gasteiger partial charge is 0.495 e. The van der Waals surface area contributed by atoms with Crippen LogP contribution in [0.5, 0.6) is 5.75 Å². The fraction of sp³-hybridized carbons (Fsp3) is 0.417. The molecule has 2 aromatic carbocycles. The fourth-order valence-electron chi connectivity index (χ4n) is 4.13. The molecule has 0 radical (unpaired) electrons. The number of benzene rings is 2. The summed E-state index contributed by atoms with van der Waals surface area (Å²) in [4.78, 5) is 0. The van der Waals surface area contributed by atoms with Crippen LogP contribution in [0.25, 0.3) is 5.69 Å². The predicted molar refractivity (Wildman–Crippen MR) is 119 cm³/mol. The van der Waals surface area contributed by atoms with E-state index >= 15 is 0 Å². The third-order valence-corrected chi connectivity index (χ3v) is 6.65. The maximum Gasteiger partial charge on any atom is 0.195 e. The molecule has 1 aliphatic carbocycles. The lowest BCUT2D eigenvalue weighted by Crippen LogP contribution is -2.12. The first-order valence-corrected chi connectivity index (χ1v) is 11.6. The summed E-state index contributed by atoms with van der Waals surface area (Å²) in [6, 6.07) is 18.9. The van der Waals surface area contributed by atoms with E-state index in [0.29, 0.717) is 5.92 Å². The third kappa shape index (κ3) is 4.84. The van der Waals surface area contributed by atoms with Crippen LogP contribution >= 0.6 is 11.8 Å². The first-order valence-electron chi connectivity index (χ1n) is 10.6. The minimum absolute atomic E-state index is 0.486. The van der Waals surface area contributed by atoms with Crippen molar-refractivity contribution in [2.24, 2.45) is 0 Å². The zero-order valence-corrected chi connectivity index (χ0v) is 17.9. The standard InChI is InChI=1S/C24H29N3OS/c1-28-22-17-9-8-16-21(22)27-23(20-14-6-3-7-15-20)25-26-24(27)29-18-10-13-19-11-4-2-5-12-19/h2,4-5,8-9,11-12,16-17,20H,3,6-7,10,13-15,18H2,1H3. The third-order valence-electron chi connectivity index (χ3n) is 5.64. The molecule has 4 rings (SSSR count). The van der Waals surface area contributed by atoms with E-state index in [1.807, 2.05) is 12.1 Å². The van der Waals surface area contributed by atoms with Gasteiger partial charge >= 0.3 is 0 Å². The monoisotopic (exact) mass is 407 g/mol. The second kappa shape index (κ2) is 9.97. The van der Waals surface area contributed by atoms with E-state index < -0.39 is 0 Å². The molecule has 0 amide bonds. The lowest BCUT2D eigenvalue weighted by molar-refractivity contribution is 0.405. The van der Waals surface area contributed by atoms with Gasteiger partial charge in [-0.3, -0.25) is 4.57 Å². The quantitative estimate of drug-likeness (QED) is 0.337. The topological polar surface area (TPSA) is 39.9 Å². The average Bonchev–Trinajstić information content (AvgIpc) is 3.21. The molecule has 1 saturated carbocycles. The van der Waals surface area contributed by atoms with Gasteiger partial charge in [-0.2, -0.15) is 0 Å². The van der Waals surface area contributed by atoms with Gasteiger partial charge in [0.15, 0.2) is 5.16 Å². The molecule has 0 unspecified atom stereocenters. The van der Waals surface area contributed by atoms with Crippen molar-refractivity contribution in [2.75, 3.05) is 12.9 Å². The lowest BCUT2D eigenvalue weighted by atomic mass is 9.88. The van der Waals surface area contributed by atoms with Crippen molar-refractivity contribution in [3.8, 4) is 11.4 Å². The Labute approximate surface area is 177 Å². The zero-order chi connectivity index (χ0) is 19.9. The Kier molecular flexibility index (Phi) is 6.88. The molecule has 29 heavy (non-hydrogen) atoms. The molecule has 1 fully saturated rings. The van der Waals surface area contributed by atoms with E-state index in [-0.39, 0.29) is 0 Å². The number of ether oxygens (including phenoxy) is 1. The molecule has 0 bridgehead atoms. The summed E-state index contributed by atoms with van der Waals surface area (Å²) < 4.78 is 7.92. The average molecular weight is 408 g/mol. The van der Waals surface area contributed by atoms with Crippen molar-refractivity contribution >= 4 is 11.8 Å². The van der Waals surface area contributed by atoms with Gasteiger partial charge in [-0.25, -0.2) is 0 Å². The highest BCUT2D eigenvalue weighted by Gasteiger charge is 2.25. The molecule has 4 nitrogen and oxygen atoms in total. The van der Waals surface area contributed by atoms with E-state index in [1.165, 1.54) is 37.7 Å². The van der Waals surface area contributed by atoms with E-state index in [1.54, 1.807) is 18.9 Å². The normalized spacial score (nSPS) is 14.8. The molecule has 0 N–H and O–H groups in total. The second-order valence-electron chi connectivity index (χ2n) is 7.62. The summed E-state index contributed by atoms with van der Waals surface area (Å²) in [7, 11) is 1.73. The van der Waals surface area contributed by atoms with Crippen LogP contribution in [0.2, 0.25) is 0 Å². The van der Waals surface area contributed by atoms with Crippen molar-refractivity contribution in [1.82, 2.24) is 14.8 Å².